The Balaban J connectivity index is 1.83. The van der Waals surface area contributed by atoms with Crippen LogP contribution in [-0.4, -0.2) is 16.6 Å². The van der Waals surface area contributed by atoms with E-state index in [-0.39, 0.29) is 21.7 Å². The lowest BCUT2D eigenvalue weighted by molar-refractivity contribution is 0.477. The second kappa shape index (κ2) is 12.9. The molecule has 0 spiro atoms. The summed E-state index contributed by atoms with van der Waals surface area (Å²) in [6, 6.07) is 18.8. The van der Waals surface area contributed by atoms with Gasteiger partial charge in [-0.15, -0.1) is 22.7 Å². The molecule has 2 aromatic carbocycles. The van der Waals surface area contributed by atoms with Crippen LogP contribution in [0.4, 0.5) is 0 Å². The fraction of sp³-hybridized carbons (Fsp3) is 0.524. The molecule has 0 fully saturated rings. The molecular formula is C42H62O2S2Si2. The lowest BCUT2D eigenvalue weighted by Crippen LogP contribution is -2.32. The Labute approximate surface area is 303 Å². The molecule has 0 saturated carbocycles. The number of hydrogen-bond acceptors (Lipinski definition) is 4. The van der Waals surface area contributed by atoms with Gasteiger partial charge in [0.2, 0.25) is 16.6 Å². The topological polar surface area (TPSA) is 18.5 Å². The summed E-state index contributed by atoms with van der Waals surface area (Å²) < 4.78 is 13.7. The Morgan fingerprint density at radius 1 is 0.396 bits per heavy atom. The highest BCUT2D eigenvalue weighted by Crippen LogP contribution is 2.48. The Hall–Kier alpha value is -2.13. The normalized spacial score (nSPS) is 13.6. The Morgan fingerprint density at radius 2 is 0.625 bits per heavy atom. The smallest absolute Gasteiger partial charge is 0.242 e. The molecule has 0 unspecified atom stereocenters. The van der Waals surface area contributed by atoms with Crippen LogP contribution >= 0.6 is 22.7 Å². The summed E-state index contributed by atoms with van der Waals surface area (Å²) in [7, 11) is -3.65. The highest BCUT2D eigenvalue weighted by atomic mass is 32.1. The van der Waals surface area contributed by atoms with E-state index >= 15 is 0 Å². The zero-order valence-electron chi connectivity index (χ0n) is 33.3. The van der Waals surface area contributed by atoms with E-state index in [1.54, 1.807) is 0 Å². The molecule has 0 N–H and O–H groups in total. The van der Waals surface area contributed by atoms with E-state index in [0.29, 0.717) is 0 Å². The monoisotopic (exact) mass is 718 g/mol. The van der Waals surface area contributed by atoms with Gasteiger partial charge in [-0.05, 0) is 143 Å². The lowest BCUT2D eigenvalue weighted by Gasteiger charge is -2.34. The van der Waals surface area contributed by atoms with Crippen LogP contribution in [0.5, 0.6) is 11.5 Å². The molecule has 0 bridgehead atoms. The summed E-state index contributed by atoms with van der Waals surface area (Å²) in [5.41, 5.74) is 7.59. The molecule has 0 atom stereocenters. The maximum Gasteiger partial charge on any atom is 0.242 e. The van der Waals surface area contributed by atoms with Crippen molar-refractivity contribution in [3.05, 3.63) is 70.8 Å². The summed E-state index contributed by atoms with van der Waals surface area (Å²) in [6.45, 7) is 41.4. The molecule has 4 rings (SSSR count). The summed E-state index contributed by atoms with van der Waals surface area (Å²) in [5.74, 6) is 2.20. The molecule has 0 aliphatic carbocycles. The van der Waals surface area contributed by atoms with Gasteiger partial charge in [0, 0.05) is 19.5 Å². The van der Waals surface area contributed by atoms with Crippen molar-refractivity contribution in [2.75, 3.05) is 0 Å². The third-order valence-electron chi connectivity index (χ3n) is 8.25. The van der Waals surface area contributed by atoms with Gasteiger partial charge in [-0.2, -0.15) is 0 Å². The van der Waals surface area contributed by atoms with Crippen molar-refractivity contribution in [3.63, 3.8) is 0 Å². The molecule has 4 aromatic rings. The largest absolute Gasteiger partial charge is 0.544 e. The summed E-state index contributed by atoms with van der Waals surface area (Å²) in [6.07, 6.45) is 0. The highest BCUT2D eigenvalue weighted by Gasteiger charge is 2.33. The first kappa shape index (κ1) is 38.7. The van der Waals surface area contributed by atoms with E-state index in [1.165, 1.54) is 52.9 Å². The molecule has 262 valence electrons. The zero-order valence-corrected chi connectivity index (χ0v) is 36.9. The second-order valence-electron chi connectivity index (χ2n) is 19.6. The number of thiophene rings is 2. The van der Waals surface area contributed by atoms with Crippen LogP contribution < -0.4 is 8.85 Å². The molecule has 2 nitrogen and oxygen atoms in total. The Kier molecular flexibility index (Phi) is 10.4. The SMILES string of the molecule is CC(C)(C)c1cc(-c2ccc(-c3ccc(-c4cc(C(C)(C)C)c(O[Si](C)(C)C)c(C(C)(C)C)c4)s3)s2)cc(C(C)(C)C)c1O[Si](C)(C)C. The van der Waals surface area contributed by atoms with Crippen LogP contribution in [-0.2, 0) is 21.7 Å². The number of rotatable bonds is 7. The van der Waals surface area contributed by atoms with Crippen molar-refractivity contribution in [1.82, 2.24) is 0 Å². The quantitative estimate of drug-likeness (QED) is 0.177. The zero-order chi connectivity index (χ0) is 36.4. The van der Waals surface area contributed by atoms with Crippen LogP contribution in [0.15, 0.2) is 48.5 Å². The van der Waals surface area contributed by atoms with Gasteiger partial charge in [0.25, 0.3) is 0 Å². The van der Waals surface area contributed by atoms with Crippen molar-refractivity contribution >= 4 is 39.3 Å². The van der Waals surface area contributed by atoms with Gasteiger partial charge in [0.05, 0.1) is 0 Å². The van der Waals surface area contributed by atoms with E-state index in [0.717, 1.165) is 11.5 Å². The second-order valence-corrected chi connectivity index (χ2v) is 30.6. The van der Waals surface area contributed by atoms with Crippen molar-refractivity contribution in [2.45, 2.75) is 144 Å². The molecule has 0 saturated heterocycles. The van der Waals surface area contributed by atoms with Crippen molar-refractivity contribution in [2.24, 2.45) is 0 Å². The molecule has 0 radical (unpaired) electrons. The summed E-state index contributed by atoms with van der Waals surface area (Å²) in [4.78, 5) is 5.22. The predicted octanol–water partition coefficient (Wildman–Crippen LogP) is 14.4. The van der Waals surface area contributed by atoms with Crippen LogP contribution in [0, 0.1) is 0 Å². The average Bonchev–Trinajstić information content (AvgIpc) is 3.54. The minimum absolute atomic E-state index is 0.0405. The Morgan fingerprint density at radius 3 is 0.833 bits per heavy atom. The molecule has 48 heavy (non-hydrogen) atoms. The molecule has 2 heterocycles. The van der Waals surface area contributed by atoms with Gasteiger partial charge < -0.3 is 8.85 Å². The molecule has 6 heteroatoms. The summed E-state index contributed by atoms with van der Waals surface area (Å²) in [5, 5.41) is 0. The van der Waals surface area contributed by atoms with Crippen molar-refractivity contribution < 1.29 is 8.85 Å². The van der Waals surface area contributed by atoms with Gasteiger partial charge in [-0.25, -0.2) is 0 Å². The van der Waals surface area contributed by atoms with E-state index in [2.05, 4.69) is 171 Å². The molecule has 0 aliphatic heterocycles. The first-order valence-electron chi connectivity index (χ1n) is 17.5. The number of benzene rings is 2. The average molecular weight is 719 g/mol. The van der Waals surface area contributed by atoms with Crippen LogP contribution in [0.25, 0.3) is 30.6 Å². The van der Waals surface area contributed by atoms with E-state index in [9.17, 15) is 0 Å². The van der Waals surface area contributed by atoms with Gasteiger partial charge in [0.15, 0.2) is 0 Å². The third-order valence-corrected chi connectivity index (χ3v) is 12.3. The molecule has 0 amide bonds. The molecule has 0 aliphatic rings. The standard InChI is InChI=1S/C42H62O2S2Si2/c1-39(2,3)29-23-27(24-30(40(4,5)6)37(29)43-47(13,14)15)33-19-21-35(45-33)36-22-20-34(46-36)28-25-31(41(7,8)9)38(44-48(16,17)18)32(26-28)42(10,11)12/h19-26H,1-18H3. The van der Waals surface area contributed by atoms with Crippen molar-refractivity contribution in [1.29, 1.82) is 0 Å². The van der Waals surface area contributed by atoms with Crippen LogP contribution in [0.1, 0.15) is 105 Å². The minimum Gasteiger partial charge on any atom is -0.544 e. The third kappa shape index (κ3) is 9.15. The number of hydrogen-bond donors (Lipinski definition) is 0. The lowest BCUT2D eigenvalue weighted by atomic mass is 9.78. The minimum atomic E-state index is -1.82. The van der Waals surface area contributed by atoms with Crippen LogP contribution in [0.3, 0.4) is 0 Å². The van der Waals surface area contributed by atoms with Gasteiger partial charge in [-0.1, -0.05) is 83.1 Å². The fourth-order valence-electron chi connectivity index (χ4n) is 5.85. The Bertz CT molecular complexity index is 1560. The van der Waals surface area contributed by atoms with Gasteiger partial charge in [-0.3, -0.25) is 0 Å². The van der Waals surface area contributed by atoms with E-state index in [1.807, 2.05) is 22.7 Å². The highest BCUT2D eigenvalue weighted by molar-refractivity contribution is 7.25. The summed E-state index contributed by atoms with van der Waals surface area (Å²) >= 11 is 3.78. The maximum absolute atomic E-state index is 6.85. The fourth-order valence-corrected chi connectivity index (χ4v) is 9.60. The molecular weight excluding hydrogens is 657 g/mol. The maximum atomic E-state index is 6.85. The van der Waals surface area contributed by atoms with E-state index < -0.39 is 16.6 Å². The predicted molar refractivity (Wildman–Crippen MR) is 221 cm³/mol. The first-order valence-corrected chi connectivity index (χ1v) is 26.0. The van der Waals surface area contributed by atoms with Gasteiger partial charge >= 0.3 is 0 Å². The van der Waals surface area contributed by atoms with Crippen LogP contribution in [0.2, 0.25) is 39.3 Å². The van der Waals surface area contributed by atoms with Crippen molar-refractivity contribution in [3.8, 4) is 42.1 Å². The first-order chi connectivity index (χ1) is 21.5. The molecule has 2 aromatic heterocycles. The van der Waals surface area contributed by atoms with E-state index in [4.69, 9.17) is 8.85 Å². The van der Waals surface area contributed by atoms with Gasteiger partial charge in [0.1, 0.15) is 11.5 Å².